The lowest BCUT2D eigenvalue weighted by Crippen LogP contribution is -2.42. The predicted molar refractivity (Wildman–Crippen MR) is 89.8 cm³/mol. The third-order valence-electron chi connectivity index (χ3n) is 3.78. The van der Waals surface area contributed by atoms with Gasteiger partial charge in [0.15, 0.2) is 0 Å². The van der Waals surface area contributed by atoms with Crippen molar-refractivity contribution < 1.29 is 24.6 Å². The number of carboxylic acid groups (broad SMARTS) is 2. The third kappa shape index (κ3) is 6.40. The first-order valence-corrected chi connectivity index (χ1v) is 8.04. The van der Waals surface area contributed by atoms with Crippen LogP contribution in [0.5, 0.6) is 0 Å². The first-order valence-electron chi connectivity index (χ1n) is 8.04. The number of amides is 1. The summed E-state index contributed by atoms with van der Waals surface area (Å²) in [5, 5.41) is 20.2. The van der Waals surface area contributed by atoms with Gasteiger partial charge in [0.05, 0.1) is 5.92 Å². The minimum Gasteiger partial charge on any atom is -0.481 e. The molecule has 24 heavy (non-hydrogen) atoms. The zero-order valence-corrected chi connectivity index (χ0v) is 14.3. The normalized spacial score (nSPS) is 13.3. The molecule has 1 unspecified atom stereocenters. The number of carbonyl (C=O) groups excluding carboxylic acids is 1. The van der Waals surface area contributed by atoms with Crippen LogP contribution < -0.4 is 5.32 Å². The van der Waals surface area contributed by atoms with Gasteiger partial charge in [-0.15, -0.1) is 0 Å². The number of aliphatic carboxylic acids is 2. The van der Waals surface area contributed by atoms with Gasteiger partial charge in [0.2, 0.25) is 5.91 Å². The Bertz CT molecular complexity index is 580. The first-order chi connectivity index (χ1) is 11.2. The van der Waals surface area contributed by atoms with Crippen molar-refractivity contribution in [2.75, 3.05) is 0 Å². The van der Waals surface area contributed by atoms with Gasteiger partial charge < -0.3 is 15.5 Å². The van der Waals surface area contributed by atoms with Crippen molar-refractivity contribution in [2.24, 2.45) is 5.92 Å². The molecule has 1 amide bonds. The summed E-state index contributed by atoms with van der Waals surface area (Å²) >= 11 is 0. The zero-order chi connectivity index (χ0) is 18.3. The standard InChI is InChI=1S/C18H25NO5/c1-11(2)10-13-4-6-14(7-5-13)12(3)17(22)19-15(18(23)24)8-9-16(20)21/h4-7,11-12,15H,8-10H2,1-3H3,(H,19,22)(H,20,21)(H,23,24)/t12?,15-/m1/s1. The molecule has 0 aliphatic heterocycles. The van der Waals surface area contributed by atoms with Crippen molar-refractivity contribution in [1.29, 1.82) is 0 Å². The van der Waals surface area contributed by atoms with E-state index in [1.54, 1.807) is 6.92 Å². The van der Waals surface area contributed by atoms with E-state index in [9.17, 15) is 14.4 Å². The zero-order valence-electron chi connectivity index (χ0n) is 14.3. The van der Waals surface area contributed by atoms with Crippen LogP contribution in [0.25, 0.3) is 0 Å². The van der Waals surface area contributed by atoms with Gasteiger partial charge >= 0.3 is 11.9 Å². The number of hydrogen-bond donors (Lipinski definition) is 3. The molecule has 0 aliphatic rings. The fraction of sp³-hybridized carbons (Fsp3) is 0.500. The van der Waals surface area contributed by atoms with Crippen LogP contribution in [-0.4, -0.2) is 34.1 Å². The Hall–Kier alpha value is -2.37. The quantitative estimate of drug-likeness (QED) is 0.643. The molecule has 0 aromatic heterocycles. The van der Waals surface area contributed by atoms with Crippen LogP contribution in [-0.2, 0) is 20.8 Å². The Balaban J connectivity index is 2.71. The molecule has 0 bridgehead atoms. The fourth-order valence-electron chi connectivity index (χ4n) is 2.39. The summed E-state index contributed by atoms with van der Waals surface area (Å²) in [5.41, 5.74) is 1.98. The van der Waals surface area contributed by atoms with E-state index in [1.165, 1.54) is 5.56 Å². The largest absolute Gasteiger partial charge is 0.481 e. The molecule has 0 radical (unpaired) electrons. The van der Waals surface area contributed by atoms with Crippen molar-refractivity contribution in [3.8, 4) is 0 Å². The minimum absolute atomic E-state index is 0.142. The molecule has 0 fully saturated rings. The highest BCUT2D eigenvalue weighted by Gasteiger charge is 2.24. The molecule has 6 heteroatoms. The molecule has 1 rings (SSSR count). The minimum atomic E-state index is -1.23. The van der Waals surface area contributed by atoms with E-state index in [-0.39, 0.29) is 12.8 Å². The van der Waals surface area contributed by atoms with Gasteiger partial charge in [-0.05, 0) is 36.8 Å². The lowest BCUT2D eigenvalue weighted by Gasteiger charge is -2.18. The van der Waals surface area contributed by atoms with Crippen LogP contribution in [0.4, 0.5) is 0 Å². The summed E-state index contributed by atoms with van der Waals surface area (Å²) in [5.74, 6) is -2.72. The van der Waals surface area contributed by atoms with Gasteiger partial charge in [-0.3, -0.25) is 9.59 Å². The first kappa shape index (κ1) is 19.7. The fourth-order valence-corrected chi connectivity index (χ4v) is 2.39. The average molecular weight is 335 g/mol. The molecule has 2 atom stereocenters. The van der Waals surface area contributed by atoms with Crippen molar-refractivity contribution in [2.45, 2.75) is 52.0 Å². The maximum atomic E-state index is 12.2. The van der Waals surface area contributed by atoms with Crippen LogP contribution in [0, 0.1) is 5.92 Å². The Labute approximate surface area is 141 Å². The summed E-state index contributed by atoms with van der Waals surface area (Å²) in [4.78, 5) is 34.0. The molecule has 1 aromatic carbocycles. The molecular weight excluding hydrogens is 310 g/mol. The van der Waals surface area contributed by atoms with Crippen molar-refractivity contribution in [3.05, 3.63) is 35.4 Å². The van der Waals surface area contributed by atoms with Crippen LogP contribution in [0.1, 0.15) is 50.7 Å². The number of carbonyl (C=O) groups is 3. The van der Waals surface area contributed by atoms with Crippen LogP contribution in [0.2, 0.25) is 0 Å². The summed E-state index contributed by atoms with van der Waals surface area (Å²) in [6, 6.07) is 6.48. The maximum absolute atomic E-state index is 12.2. The van der Waals surface area contributed by atoms with Crippen molar-refractivity contribution in [3.63, 3.8) is 0 Å². The lowest BCUT2D eigenvalue weighted by molar-refractivity contribution is -0.143. The van der Waals surface area contributed by atoms with Crippen LogP contribution in [0.15, 0.2) is 24.3 Å². The Morgan fingerprint density at radius 1 is 1.04 bits per heavy atom. The van der Waals surface area contributed by atoms with Gasteiger partial charge in [0, 0.05) is 6.42 Å². The van der Waals surface area contributed by atoms with Crippen molar-refractivity contribution >= 4 is 17.8 Å². The molecular formula is C18H25NO5. The molecule has 0 heterocycles. The highest BCUT2D eigenvalue weighted by Crippen LogP contribution is 2.18. The molecule has 0 aliphatic carbocycles. The SMILES string of the molecule is CC(C)Cc1ccc(C(C)C(=O)N[C@H](CCC(=O)O)C(=O)O)cc1. The van der Waals surface area contributed by atoms with Gasteiger partial charge in [-0.1, -0.05) is 38.1 Å². The van der Waals surface area contributed by atoms with E-state index in [0.29, 0.717) is 5.92 Å². The Kier molecular flexibility index (Phi) is 7.42. The molecule has 1 aromatic rings. The second-order valence-electron chi connectivity index (χ2n) is 6.39. The Morgan fingerprint density at radius 2 is 1.62 bits per heavy atom. The van der Waals surface area contributed by atoms with Gasteiger partial charge in [-0.25, -0.2) is 4.79 Å². The monoisotopic (exact) mass is 335 g/mol. The van der Waals surface area contributed by atoms with Crippen LogP contribution in [0.3, 0.4) is 0 Å². The van der Waals surface area contributed by atoms with Gasteiger partial charge in [-0.2, -0.15) is 0 Å². The predicted octanol–water partition coefficient (Wildman–Crippen LogP) is 2.42. The van der Waals surface area contributed by atoms with Crippen molar-refractivity contribution in [1.82, 2.24) is 5.32 Å². The summed E-state index contributed by atoms with van der Waals surface area (Å²) in [6.45, 7) is 5.96. The third-order valence-corrected chi connectivity index (χ3v) is 3.78. The molecule has 0 saturated heterocycles. The van der Waals surface area contributed by atoms with E-state index in [0.717, 1.165) is 12.0 Å². The van der Waals surface area contributed by atoms with Gasteiger partial charge in [0.25, 0.3) is 0 Å². The lowest BCUT2D eigenvalue weighted by atomic mass is 9.96. The van der Waals surface area contributed by atoms with E-state index in [4.69, 9.17) is 10.2 Å². The molecule has 6 nitrogen and oxygen atoms in total. The number of rotatable bonds is 9. The second kappa shape index (κ2) is 9.05. The second-order valence-corrected chi connectivity index (χ2v) is 6.39. The number of carboxylic acids is 2. The maximum Gasteiger partial charge on any atom is 0.326 e. The summed E-state index contributed by atoms with van der Waals surface area (Å²) < 4.78 is 0. The summed E-state index contributed by atoms with van der Waals surface area (Å²) in [6.07, 6.45) is 0.503. The number of benzene rings is 1. The number of hydrogen-bond acceptors (Lipinski definition) is 3. The number of nitrogens with one attached hydrogen (secondary N) is 1. The summed E-state index contributed by atoms with van der Waals surface area (Å²) in [7, 11) is 0. The molecule has 0 saturated carbocycles. The van der Waals surface area contributed by atoms with E-state index >= 15 is 0 Å². The Morgan fingerprint density at radius 3 is 2.08 bits per heavy atom. The van der Waals surface area contributed by atoms with E-state index in [1.807, 2.05) is 24.3 Å². The average Bonchev–Trinajstić information content (AvgIpc) is 2.50. The molecule has 0 spiro atoms. The van der Waals surface area contributed by atoms with Crippen LogP contribution >= 0.6 is 0 Å². The smallest absolute Gasteiger partial charge is 0.326 e. The molecule has 3 N–H and O–H groups in total. The molecule has 132 valence electrons. The van der Waals surface area contributed by atoms with E-state index in [2.05, 4.69) is 19.2 Å². The topological polar surface area (TPSA) is 104 Å². The highest BCUT2D eigenvalue weighted by molar-refractivity contribution is 5.88. The van der Waals surface area contributed by atoms with E-state index < -0.39 is 29.8 Å². The highest BCUT2D eigenvalue weighted by atomic mass is 16.4. The van der Waals surface area contributed by atoms with Gasteiger partial charge in [0.1, 0.15) is 6.04 Å².